The van der Waals surface area contributed by atoms with Crippen LogP contribution in [0, 0.1) is 0 Å². The zero-order chi connectivity index (χ0) is 20.1. The number of rotatable bonds is 6. The van der Waals surface area contributed by atoms with Gasteiger partial charge in [0, 0.05) is 29.7 Å². The summed E-state index contributed by atoms with van der Waals surface area (Å²) in [6.45, 7) is 4.24. The van der Waals surface area contributed by atoms with Gasteiger partial charge in [0.15, 0.2) is 5.13 Å². The average molecular weight is 406 g/mol. The van der Waals surface area contributed by atoms with Crippen LogP contribution in [0.3, 0.4) is 0 Å². The zero-order valence-electron chi connectivity index (χ0n) is 16.8. The van der Waals surface area contributed by atoms with Gasteiger partial charge < -0.3 is 10.2 Å². The topological polar surface area (TPSA) is 45.2 Å². The average Bonchev–Trinajstić information content (AvgIpc) is 3.26. The van der Waals surface area contributed by atoms with Gasteiger partial charge in [-0.15, -0.1) is 11.3 Å². The van der Waals surface area contributed by atoms with Crippen molar-refractivity contribution in [3.8, 4) is 11.3 Å². The van der Waals surface area contributed by atoms with Crippen LogP contribution in [-0.4, -0.2) is 24.0 Å². The van der Waals surface area contributed by atoms with Crippen molar-refractivity contribution in [1.29, 1.82) is 0 Å². The molecule has 29 heavy (non-hydrogen) atoms. The van der Waals surface area contributed by atoms with Crippen LogP contribution in [0.15, 0.2) is 60.0 Å². The second kappa shape index (κ2) is 9.23. The molecule has 1 saturated heterocycles. The van der Waals surface area contributed by atoms with Crippen LogP contribution in [0.2, 0.25) is 0 Å². The normalized spacial score (nSPS) is 15.1. The highest BCUT2D eigenvalue weighted by Crippen LogP contribution is 2.30. The van der Waals surface area contributed by atoms with Gasteiger partial charge in [-0.25, -0.2) is 4.98 Å². The Morgan fingerprint density at radius 1 is 1.10 bits per heavy atom. The van der Waals surface area contributed by atoms with E-state index in [0.29, 0.717) is 0 Å². The second-order valence-corrected chi connectivity index (χ2v) is 8.34. The highest BCUT2D eigenvalue weighted by atomic mass is 32.1. The lowest BCUT2D eigenvalue weighted by Gasteiger charge is -2.25. The Kier molecular flexibility index (Phi) is 6.25. The number of carbonyl (C=O) groups is 1. The first kappa shape index (κ1) is 19.6. The van der Waals surface area contributed by atoms with E-state index < -0.39 is 0 Å². The van der Waals surface area contributed by atoms with Gasteiger partial charge in [-0.05, 0) is 43.4 Å². The van der Waals surface area contributed by atoms with E-state index in [2.05, 4.69) is 21.7 Å². The van der Waals surface area contributed by atoms with Crippen LogP contribution in [0.4, 0.5) is 10.8 Å². The zero-order valence-corrected chi connectivity index (χ0v) is 17.6. The summed E-state index contributed by atoms with van der Waals surface area (Å²) >= 11 is 1.70. The summed E-state index contributed by atoms with van der Waals surface area (Å²) in [6, 6.07) is 18.0. The third-order valence-corrected chi connectivity index (χ3v) is 6.37. The van der Waals surface area contributed by atoms with Crippen molar-refractivity contribution in [2.24, 2.45) is 0 Å². The van der Waals surface area contributed by atoms with Crippen molar-refractivity contribution in [2.45, 2.75) is 38.5 Å². The molecule has 2 aromatic carbocycles. The number of amides is 1. The number of nitrogens with one attached hydrogen (secondary N) is 1. The van der Waals surface area contributed by atoms with Gasteiger partial charge in [0.25, 0.3) is 0 Å². The van der Waals surface area contributed by atoms with Gasteiger partial charge in [0.05, 0.1) is 11.6 Å². The number of thiazole rings is 1. The molecule has 0 spiro atoms. The molecule has 1 aromatic heterocycles. The number of aromatic nitrogens is 1. The molecule has 0 aliphatic carbocycles. The minimum absolute atomic E-state index is 0.0307. The number of carbonyl (C=O) groups excluding carboxylic acids is 1. The number of piperidine rings is 1. The monoisotopic (exact) mass is 405 g/mol. The van der Waals surface area contributed by atoms with Crippen LogP contribution < -0.4 is 10.2 Å². The number of hydrogen-bond acceptors (Lipinski definition) is 4. The highest BCUT2D eigenvalue weighted by Gasteiger charge is 2.19. The summed E-state index contributed by atoms with van der Waals surface area (Å²) in [4.78, 5) is 20.1. The minimum Gasteiger partial charge on any atom is -0.348 e. The molecule has 4 rings (SSSR count). The number of hydrogen-bond donors (Lipinski definition) is 1. The first-order valence-electron chi connectivity index (χ1n) is 10.4. The molecule has 150 valence electrons. The number of nitrogens with zero attached hydrogens (tertiary/aromatic N) is 2. The molecule has 0 radical (unpaired) electrons. The molecule has 2 heterocycles. The first-order valence-corrected chi connectivity index (χ1v) is 11.3. The molecule has 1 atom stereocenters. The summed E-state index contributed by atoms with van der Waals surface area (Å²) in [5.74, 6) is -0.118. The highest BCUT2D eigenvalue weighted by molar-refractivity contribution is 7.14. The lowest BCUT2D eigenvalue weighted by atomic mass is 9.95. The third kappa shape index (κ3) is 4.67. The molecule has 4 nitrogen and oxygen atoms in total. The minimum atomic E-state index is -0.148. The van der Waals surface area contributed by atoms with Crippen molar-refractivity contribution < 1.29 is 4.79 Å². The molecule has 1 amide bonds. The molecule has 0 saturated carbocycles. The Morgan fingerprint density at radius 2 is 1.90 bits per heavy atom. The van der Waals surface area contributed by atoms with Gasteiger partial charge in [0.1, 0.15) is 0 Å². The SMILES string of the molecule is CC[C@H](C(=O)Nc1cccc(-c2csc(N3CCCCC3)n2)c1)c1ccccc1. The lowest BCUT2D eigenvalue weighted by Crippen LogP contribution is -2.29. The second-order valence-electron chi connectivity index (χ2n) is 7.50. The Balaban J connectivity index is 1.49. The van der Waals surface area contributed by atoms with E-state index in [0.717, 1.165) is 47.2 Å². The van der Waals surface area contributed by atoms with E-state index in [9.17, 15) is 4.79 Å². The smallest absolute Gasteiger partial charge is 0.231 e. The molecule has 0 bridgehead atoms. The van der Waals surface area contributed by atoms with Gasteiger partial charge >= 0.3 is 0 Å². The summed E-state index contributed by atoms with van der Waals surface area (Å²) in [5, 5.41) is 6.31. The van der Waals surface area contributed by atoms with Crippen molar-refractivity contribution in [3.05, 3.63) is 65.5 Å². The standard InChI is InChI=1S/C24H27N3OS/c1-2-21(18-10-5-3-6-11-18)23(28)25-20-13-9-12-19(16-20)22-17-29-24(26-22)27-14-7-4-8-15-27/h3,5-6,9-13,16-17,21H,2,4,7-8,14-15H2,1H3,(H,25,28)/t21-/m0/s1. The molecular formula is C24H27N3OS. The molecule has 1 aliphatic rings. The predicted octanol–water partition coefficient (Wildman–Crippen LogP) is 5.93. The van der Waals surface area contributed by atoms with Crippen molar-refractivity contribution >= 4 is 28.1 Å². The maximum absolute atomic E-state index is 12.9. The van der Waals surface area contributed by atoms with Gasteiger partial charge in [-0.2, -0.15) is 0 Å². The van der Waals surface area contributed by atoms with E-state index in [1.54, 1.807) is 11.3 Å². The summed E-state index contributed by atoms with van der Waals surface area (Å²) in [7, 11) is 0. The maximum Gasteiger partial charge on any atom is 0.231 e. The molecular weight excluding hydrogens is 378 g/mol. The van der Waals surface area contributed by atoms with E-state index in [4.69, 9.17) is 4.98 Å². The van der Waals surface area contributed by atoms with Crippen molar-refractivity contribution in [3.63, 3.8) is 0 Å². The van der Waals surface area contributed by atoms with Crippen LogP contribution in [0.1, 0.15) is 44.1 Å². The molecule has 3 aromatic rings. The third-order valence-electron chi connectivity index (χ3n) is 5.47. The number of benzene rings is 2. The molecule has 1 aliphatic heterocycles. The van der Waals surface area contributed by atoms with Crippen LogP contribution in [-0.2, 0) is 4.79 Å². The van der Waals surface area contributed by atoms with Gasteiger partial charge in [0.2, 0.25) is 5.91 Å². The Hall–Kier alpha value is -2.66. The maximum atomic E-state index is 12.9. The predicted molar refractivity (Wildman–Crippen MR) is 122 cm³/mol. The lowest BCUT2D eigenvalue weighted by molar-refractivity contribution is -0.117. The van der Waals surface area contributed by atoms with Gasteiger partial charge in [-0.1, -0.05) is 49.4 Å². The Bertz CT molecular complexity index is 948. The summed E-state index contributed by atoms with van der Waals surface area (Å²) in [5.41, 5.74) is 3.88. The van der Waals surface area contributed by atoms with Crippen LogP contribution >= 0.6 is 11.3 Å². The van der Waals surface area contributed by atoms with E-state index in [1.165, 1.54) is 19.3 Å². The Morgan fingerprint density at radius 3 is 2.66 bits per heavy atom. The fourth-order valence-electron chi connectivity index (χ4n) is 3.87. The van der Waals surface area contributed by atoms with Crippen LogP contribution in [0.25, 0.3) is 11.3 Å². The first-order chi connectivity index (χ1) is 14.2. The van der Waals surface area contributed by atoms with Crippen molar-refractivity contribution in [2.75, 3.05) is 23.3 Å². The number of anilines is 2. The molecule has 1 fully saturated rings. The van der Waals surface area contributed by atoms with E-state index >= 15 is 0 Å². The summed E-state index contributed by atoms with van der Waals surface area (Å²) < 4.78 is 0. The molecule has 5 heteroatoms. The summed E-state index contributed by atoms with van der Waals surface area (Å²) in [6.07, 6.45) is 4.58. The van der Waals surface area contributed by atoms with E-state index in [-0.39, 0.29) is 11.8 Å². The largest absolute Gasteiger partial charge is 0.348 e. The van der Waals surface area contributed by atoms with Crippen LogP contribution in [0.5, 0.6) is 0 Å². The van der Waals surface area contributed by atoms with E-state index in [1.807, 2.05) is 55.5 Å². The van der Waals surface area contributed by atoms with Crippen molar-refractivity contribution in [1.82, 2.24) is 4.98 Å². The molecule has 0 unspecified atom stereocenters. The molecule has 1 N–H and O–H groups in total. The fourth-order valence-corrected chi connectivity index (χ4v) is 4.76. The fraction of sp³-hybridized carbons (Fsp3) is 0.333. The quantitative estimate of drug-likeness (QED) is 0.552. The van der Waals surface area contributed by atoms with Gasteiger partial charge in [-0.3, -0.25) is 4.79 Å². The Labute approximate surface area is 176 Å².